The van der Waals surface area contributed by atoms with E-state index in [1.807, 2.05) is 66.7 Å². The Morgan fingerprint density at radius 3 is 2.26 bits per heavy atom. The highest BCUT2D eigenvalue weighted by atomic mass is 79.9. The number of amides is 3. The van der Waals surface area contributed by atoms with Crippen molar-refractivity contribution < 1.29 is 23.9 Å². The first-order chi connectivity index (χ1) is 26.3. The molecule has 0 fully saturated rings. The van der Waals surface area contributed by atoms with Gasteiger partial charge in [0, 0.05) is 25.5 Å². The normalized spacial score (nSPS) is 13.4. The number of anilines is 2. The Bertz CT molecular complexity index is 2140. The Morgan fingerprint density at radius 1 is 0.833 bits per heavy atom. The lowest BCUT2D eigenvalue weighted by molar-refractivity contribution is -0.116. The van der Waals surface area contributed by atoms with Gasteiger partial charge >= 0.3 is 5.97 Å². The third kappa shape index (κ3) is 10.2. The molecule has 276 valence electrons. The molecule has 0 spiro atoms. The summed E-state index contributed by atoms with van der Waals surface area (Å²) in [5.41, 5.74) is 3.93. The summed E-state index contributed by atoms with van der Waals surface area (Å²) in [6.07, 6.45) is 7.54. The number of hydrogen-bond donors (Lipinski definition) is 3. The second kappa shape index (κ2) is 18.9. The highest BCUT2D eigenvalue weighted by Crippen LogP contribution is 2.41. The number of fused-ring (bicyclic) bond motifs is 1. The van der Waals surface area contributed by atoms with Gasteiger partial charge in [0.1, 0.15) is 15.9 Å². The van der Waals surface area contributed by atoms with Crippen LogP contribution in [-0.4, -0.2) is 30.3 Å². The number of aryl methyl sites for hydroxylation is 1. The summed E-state index contributed by atoms with van der Waals surface area (Å²) < 4.78 is 6.36. The molecule has 0 saturated carbocycles. The van der Waals surface area contributed by atoms with E-state index in [4.69, 9.17) is 4.74 Å². The topological polar surface area (TPSA) is 114 Å². The van der Waals surface area contributed by atoms with Crippen LogP contribution in [0.25, 0.3) is 6.08 Å². The summed E-state index contributed by atoms with van der Waals surface area (Å²) in [7, 11) is 0. The Hall–Kier alpha value is -4.97. The summed E-state index contributed by atoms with van der Waals surface area (Å²) >= 11 is 6.24. The number of ether oxygens (including phenoxy) is 1. The quantitative estimate of drug-likeness (QED) is 0.0656. The Balaban J connectivity index is 1.25. The molecule has 0 saturated heterocycles. The molecule has 8 nitrogen and oxygen atoms in total. The minimum atomic E-state index is -0.685. The third-order valence-electron chi connectivity index (χ3n) is 8.78. The largest absolute Gasteiger partial charge is 0.462 e. The second-order valence-corrected chi connectivity index (χ2v) is 15.9. The van der Waals surface area contributed by atoms with Crippen LogP contribution in [-0.2, 0) is 27.2 Å². The number of thiophene rings is 1. The fraction of sp³-hybridized carbons (Fsp3) is 0.209. The van der Waals surface area contributed by atoms with Crippen molar-refractivity contribution in [3.63, 3.8) is 0 Å². The van der Waals surface area contributed by atoms with Crippen LogP contribution in [0.5, 0.6) is 0 Å². The maximum Gasteiger partial charge on any atom is 0.341 e. The summed E-state index contributed by atoms with van der Waals surface area (Å²) in [4.78, 5) is 56.3. The minimum Gasteiger partial charge on any atom is -0.462 e. The zero-order valence-electron chi connectivity index (χ0n) is 29.7. The number of carbonyl (C=O) groups excluding carboxylic acids is 4. The number of hydrogen-bond acceptors (Lipinski definition) is 7. The van der Waals surface area contributed by atoms with E-state index < -0.39 is 23.0 Å². The van der Waals surface area contributed by atoms with E-state index in [-0.39, 0.29) is 18.2 Å². The first kappa shape index (κ1) is 38.7. The summed E-state index contributed by atoms with van der Waals surface area (Å²) in [5, 5.41) is 8.67. The van der Waals surface area contributed by atoms with Gasteiger partial charge in [0.2, 0.25) is 5.91 Å². The van der Waals surface area contributed by atoms with Crippen molar-refractivity contribution in [3.8, 4) is 0 Å². The van der Waals surface area contributed by atoms with Crippen molar-refractivity contribution in [3.05, 3.63) is 152 Å². The second-order valence-electron chi connectivity index (χ2n) is 12.7. The van der Waals surface area contributed by atoms with Crippen molar-refractivity contribution in [1.82, 2.24) is 5.32 Å². The van der Waals surface area contributed by atoms with Crippen LogP contribution in [0, 0.1) is 0 Å². The van der Waals surface area contributed by atoms with Crippen molar-refractivity contribution in [1.29, 1.82) is 0 Å². The molecule has 0 bridgehead atoms. The van der Waals surface area contributed by atoms with E-state index in [0.29, 0.717) is 21.8 Å². The predicted octanol–water partition coefficient (Wildman–Crippen LogP) is 10.2. The van der Waals surface area contributed by atoms with Gasteiger partial charge in [-0.3, -0.25) is 14.4 Å². The number of benzene rings is 4. The van der Waals surface area contributed by atoms with Crippen LogP contribution in [0.1, 0.15) is 80.1 Å². The van der Waals surface area contributed by atoms with E-state index in [2.05, 4.69) is 31.9 Å². The first-order valence-electron chi connectivity index (χ1n) is 17.9. The van der Waals surface area contributed by atoms with E-state index >= 15 is 0 Å². The van der Waals surface area contributed by atoms with Gasteiger partial charge in [-0.15, -0.1) is 23.1 Å². The molecule has 6 rings (SSSR count). The molecule has 1 aromatic heterocycles. The molecule has 4 aromatic carbocycles. The monoisotopic (exact) mass is 821 g/mol. The van der Waals surface area contributed by atoms with Gasteiger partial charge in [0.15, 0.2) is 0 Å². The van der Waals surface area contributed by atoms with Gasteiger partial charge in [0.25, 0.3) is 11.8 Å². The van der Waals surface area contributed by atoms with Crippen LogP contribution in [0.15, 0.2) is 124 Å². The average Bonchev–Trinajstić information content (AvgIpc) is 3.50. The van der Waals surface area contributed by atoms with Crippen molar-refractivity contribution in [2.24, 2.45) is 0 Å². The van der Waals surface area contributed by atoms with Crippen LogP contribution in [0.2, 0.25) is 0 Å². The summed E-state index contributed by atoms with van der Waals surface area (Å²) in [6.45, 7) is 2.03. The molecule has 1 aliphatic carbocycles. The highest BCUT2D eigenvalue weighted by molar-refractivity contribution is 9.10. The fourth-order valence-electron chi connectivity index (χ4n) is 6.15. The van der Waals surface area contributed by atoms with Crippen molar-refractivity contribution >= 4 is 79.5 Å². The van der Waals surface area contributed by atoms with Crippen LogP contribution in [0.3, 0.4) is 0 Å². The predicted molar refractivity (Wildman–Crippen MR) is 221 cm³/mol. The first-order valence-corrected chi connectivity index (χ1v) is 20.4. The number of carbonyl (C=O) groups is 4. The molecule has 1 atom stereocenters. The minimum absolute atomic E-state index is 0.0632. The van der Waals surface area contributed by atoms with Crippen molar-refractivity contribution in [2.75, 3.05) is 17.2 Å². The van der Waals surface area contributed by atoms with Crippen LogP contribution in [0.4, 0.5) is 10.7 Å². The number of esters is 1. The van der Waals surface area contributed by atoms with Crippen LogP contribution >= 0.6 is 39.0 Å². The van der Waals surface area contributed by atoms with Gasteiger partial charge in [-0.1, -0.05) is 95.5 Å². The van der Waals surface area contributed by atoms with E-state index in [0.717, 1.165) is 69.5 Å². The molecule has 3 N–H and O–H groups in total. The Morgan fingerprint density at radius 2 is 1.54 bits per heavy atom. The molecular weight excluding hydrogens is 783 g/mol. The molecule has 0 aliphatic heterocycles. The maximum atomic E-state index is 14.3. The van der Waals surface area contributed by atoms with Gasteiger partial charge in [-0.25, -0.2) is 4.79 Å². The molecule has 5 aromatic rings. The van der Waals surface area contributed by atoms with E-state index in [9.17, 15) is 19.2 Å². The van der Waals surface area contributed by atoms with E-state index in [1.54, 1.807) is 55.5 Å². The maximum absolute atomic E-state index is 14.3. The average molecular weight is 823 g/mol. The van der Waals surface area contributed by atoms with Crippen LogP contribution < -0.4 is 16.0 Å². The molecule has 1 aliphatic rings. The number of rotatable bonds is 12. The lowest BCUT2D eigenvalue weighted by Gasteiger charge is -2.18. The molecule has 1 heterocycles. The summed E-state index contributed by atoms with van der Waals surface area (Å²) in [6, 6.07) is 32.8. The standard InChI is InChI=1S/C43H40BrN3O5S2/c1-2-52-43(51)37-34-20-11-3-4-12-21-36(34)54-42(37)47-41(50)38(29-14-7-5-8-15-29)53-33-19-13-18-32(27-33)45-40(49)35(26-28-22-24-31(44)25-23-28)46-39(48)30-16-9-6-10-17-30/h5-10,13-19,22-27,38H,2-4,11-12,20-21H2,1H3,(H,45,49)(H,46,48)(H,47,50)/b35-26+. The molecule has 0 radical (unpaired) electrons. The lowest BCUT2D eigenvalue weighted by Crippen LogP contribution is -2.30. The van der Waals surface area contributed by atoms with Gasteiger partial charge in [-0.05, 0) is 97.8 Å². The zero-order chi connectivity index (χ0) is 37.9. The van der Waals surface area contributed by atoms with Gasteiger partial charge in [-0.2, -0.15) is 0 Å². The fourth-order valence-corrected chi connectivity index (χ4v) is 8.78. The molecule has 3 amide bonds. The SMILES string of the molecule is CCOC(=O)c1c(NC(=O)C(Sc2cccc(NC(=O)/C(=C\c3ccc(Br)cc3)NC(=O)c3ccccc3)c2)c2ccccc2)sc2c1CCCCCC2. The molecule has 54 heavy (non-hydrogen) atoms. The molecule has 1 unspecified atom stereocenters. The van der Waals surface area contributed by atoms with Gasteiger partial charge < -0.3 is 20.7 Å². The van der Waals surface area contributed by atoms with Crippen molar-refractivity contribution in [2.45, 2.75) is 55.6 Å². The third-order valence-corrected chi connectivity index (χ3v) is 11.8. The number of nitrogens with one attached hydrogen (secondary N) is 3. The zero-order valence-corrected chi connectivity index (χ0v) is 33.0. The number of halogens is 1. The number of thioether (sulfide) groups is 1. The summed E-state index contributed by atoms with van der Waals surface area (Å²) in [5.74, 6) is -1.61. The highest BCUT2D eigenvalue weighted by Gasteiger charge is 2.29. The Kier molecular flexibility index (Phi) is 13.5. The molecular formula is C43H40BrN3O5S2. The molecule has 11 heteroatoms. The van der Waals surface area contributed by atoms with E-state index in [1.165, 1.54) is 23.1 Å². The Labute approximate surface area is 331 Å². The smallest absolute Gasteiger partial charge is 0.341 e. The van der Waals surface area contributed by atoms with Gasteiger partial charge in [0.05, 0.1) is 12.2 Å². The lowest BCUT2D eigenvalue weighted by atomic mass is 9.96.